The number of benzene rings is 2. The maximum Gasteiger partial charge on any atom is 0.297 e. The van der Waals surface area contributed by atoms with Crippen LogP contribution in [0.5, 0.6) is 0 Å². The largest absolute Gasteiger partial charge is 0.378 e. The average molecular weight is 346 g/mol. The van der Waals surface area contributed by atoms with E-state index in [-0.39, 0.29) is 10.0 Å². The number of hydrogen-bond acceptors (Lipinski definition) is 3. The van der Waals surface area contributed by atoms with Crippen molar-refractivity contribution in [3.05, 3.63) is 46.4 Å². The first kappa shape index (κ1) is 16.1. The third-order valence-corrected chi connectivity index (χ3v) is 4.75. The summed E-state index contributed by atoms with van der Waals surface area (Å²) in [6.07, 6.45) is 0. The van der Waals surface area contributed by atoms with E-state index in [2.05, 4.69) is 0 Å². The van der Waals surface area contributed by atoms with Crippen LogP contribution in [0.15, 0.2) is 41.3 Å². The van der Waals surface area contributed by atoms with Crippen LogP contribution in [0.4, 0.5) is 5.69 Å². The van der Waals surface area contributed by atoms with Crippen LogP contribution in [0.1, 0.15) is 0 Å². The second-order valence-corrected chi connectivity index (χ2v) is 6.86. The Bertz CT molecular complexity index is 748. The molecule has 0 aliphatic carbocycles. The van der Waals surface area contributed by atoms with Crippen molar-refractivity contribution in [2.24, 2.45) is 0 Å². The van der Waals surface area contributed by atoms with Crippen molar-refractivity contribution < 1.29 is 13.0 Å². The number of nitrogens with zero attached hydrogens (tertiary/aromatic N) is 1. The van der Waals surface area contributed by atoms with Gasteiger partial charge in [-0.15, -0.1) is 0 Å². The van der Waals surface area contributed by atoms with Crippen LogP contribution in [0, 0.1) is 0 Å². The molecule has 1 N–H and O–H groups in total. The second-order valence-electron chi connectivity index (χ2n) is 4.69. The molecule has 112 valence electrons. The fourth-order valence-corrected chi connectivity index (χ4v) is 3.61. The molecule has 0 aliphatic heterocycles. The molecule has 0 fully saturated rings. The minimum atomic E-state index is -4.45. The zero-order valence-electron chi connectivity index (χ0n) is 11.3. The summed E-state index contributed by atoms with van der Waals surface area (Å²) in [5.74, 6) is 0. The number of anilines is 1. The minimum absolute atomic E-state index is 0.114. The Morgan fingerprint density at radius 3 is 1.81 bits per heavy atom. The van der Waals surface area contributed by atoms with Crippen molar-refractivity contribution in [1.82, 2.24) is 0 Å². The van der Waals surface area contributed by atoms with Crippen LogP contribution in [0.3, 0.4) is 0 Å². The molecule has 0 aromatic heterocycles. The van der Waals surface area contributed by atoms with Gasteiger partial charge in [0.05, 0.1) is 10.0 Å². The van der Waals surface area contributed by atoms with Crippen molar-refractivity contribution in [1.29, 1.82) is 0 Å². The van der Waals surface area contributed by atoms with E-state index < -0.39 is 15.0 Å². The number of hydrogen-bond donors (Lipinski definition) is 1. The molecule has 0 saturated heterocycles. The zero-order valence-corrected chi connectivity index (χ0v) is 13.7. The summed E-state index contributed by atoms with van der Waals surface area (Å²) in [5.41, 5.74) is 2.54. The van der Waals surface area contributed by atoms with Crippen molar-refractivity contribution in [2.75, 3.05) is 19.0 Å². The van der Waals surface area contributed by atoms with Gasteiger partial charge in [0.1, 0.15) is 4.90 Å². The summed E-state index contributed by atoms with van der Waals surface area (Å²) >= 11 is 11.8. The van der Waals surface area contributed by atoms with Gasteiger partial charge in [0, 0.05) is 19.8 Å². The number of halogens is 2. The van der Waals surface area contributed by atoms with Gasteiger partial charge in [-0.25, -0.2) is 0 Å². The molecule has 0 unspecified atom stereocenters. The van der Waals surface area contributed by atoms with Crippen molar-refractivity contribution in [2.45, 2.75) is 4.90 Å². The molecule has 0 heterocycles. The first-order chi connectivity index (χ1) is 9.70. The predicted octanol–water partition coefficient (Wildman–Crippen LogP) is 3.97. The molecule has 7 heteroatoms. The van der Waals surface area contributed by atoms with Crippen LogP contribution in [-0.2, 0) is 10.1 Å². The van der Waals surface area contributed by atoms with Gasteiger partial charge in [-0.05, 0) is 35.4 Å². The third-order valence-electron chi connectivity index (χ3n) is 2.97. The molecule has 2 aromatic carbocycles. The Hall–Kier alpha value is -1.27. The first-order valence-corrected chi connectivity index (χ1v) is 8.14. The quantitative estimate of drug-likeness (QED) is 0.855. The first-order valence-electron chi connectivity index (χ1n) is 5.94. The molecular weight excluding hydrogens is 333 g/mol. The van der Waals surface area contributed by atoms with E-state index in [1.165, 1.54) is 12.1 Å². The summed E-state index contributed by atoms with van der Waals surface area (Å²) < 4.78 is 31.6. The van der Waals surface area contributed by atoms with E-state index >= 15 is 0 Å². The smallest absolute Gasteiger partial charge is 0.297 e. The highest BCUT2D eigenvalue weighted by Gasteiger charge is 2.20. The van der Waals surface area contributed by atoms with E-state index in [1.807, 2.05) is 43.3 Å². The van der Waals surface area contributed by atoms with Gasteiger partial charge in [-0.1, -0.05) is 35.3 Å². The Labute approximate surface area is 133 Å². The highest BCUT2D eigenvalue weighted by atomic mass is 35.5. The van der Waals surface area contributed by atoms with Gasteiger partial charge in [-0.3, -0.25) is 4.55 Å². The van der Waals surface area contributed by atoms with Crippen molar-refractivity contribution in [3.63, 3.8) is 0 Å². The van der Waals surface area contributed by atoms with E-state index in [0.717, 1.165) is 11.3 Å². The Balaban J connectivity index is 2.51. The topological polar surface area (TPSA) is 57.6 Å². The van der Waals surface area contributed by atoms with Gasteiger partial charge >= 0.3 is 0 Å². The van der Waals surface area contributed by atoms with Crippen LogP contribution >= 0.6 is 23.2 Å². The predicted molar refractivity (Wildman–Crippen MR) is 86.0 cm³/mol. The maximum absolute atomic E-state index is 11.2. The Kier molecular flexibility index (Phi) is 4.49. The van der Waals surface area contributed by atoms with E-state index in [1.54, 1.807) is 0 Å². The zero-order chi connectivity index (χ0) is 15.8. The third kappa shape index (κ3) is 3.49. The molecule has 0 radical (unpaired) electrons. The summed E-state index contributed by atoms with van der Waals surface area (Å²) in [4.78, 5) is 1.49. The van der Waals surface area contributed by atoms with E-state index in [4.69, 9.17) is 27.8 Å². The van der Waals surface area contributed by atoms with Crippen LogP contribution in [0.25, 0.3) is 11.1 Å². The fraction of sp³-hybridized carbons (Fsp3) is 0.143. The fourth-order valence-electron chi connectivity index (χ4n) is 1.93. The van der Waals surface area contributed by atoms with E-state index in [9.17, 15) is 8.42 Å². The van der Waals surface area contributed by atoms with E-state index in [0.29, 0.717) is 5.56 Å². The minimum Gasteiger partial charge on any atom is -0.378 e. The lowest BCUT2D eigenvalue weighted by molar-refractivity contribution is 0.483. The summed E-state index contributed by atoms with van der Waals surface area (Å²) in [6.45, 7) is 0. The summed E-state index contributed by atoms with van der Waals surface area (Å²) in [7, 11) is -0.583. The lowest BCUT2D eigenvalue weighted by atomic mass is 10.1. The summed E-state index contributed by atoms with van der Waals surface area (Å²) in [5, 5.41) is -0.228. The highest BCUT2D eigenvalue weighted by molar-refractivity contribution is 7.86. The Morgan fingerprint density at radius 1 is 0.952 bits per heavy atom. The molecule has 0 atom stereocenters. The monoisotopic (exact) mass is 345 g/mol. The molecule has 0 amide bonds. The molecular formula is C14H13Cl2NO3S. The molecule has 0 bridgehead atoms. The van der Waals surface area contributed by atoms with Gasteiger partial charge in [0.25, 0.3) is 10.1 Å². The van der Waals surface area contributed by atoms with Gasteiger partial charge in [0.15, 0.2) is 0 Å². The molecule has 0 spiro atoms. The normalized spacial score (nSPS) is 11.5. The van der Waals surface area contributed by atoms with Crippen LogP contribution in [0.2, 0.25) is 10.0 Å². The molecule has 4 nitrogen and oxygen atoms in total. The molecule has 2 aromatic rings. The van der Waals surface area contributed by atoms with Gasteiger partial charge in [0.2, 0.25) is 0 Å². The SMILES string of the molecule is CN(C)c1ccc(-c2cc(Cl)c(S(=O)(=O)O)c(Cl)c2)cc1. The van der Waals surface area contributed by atoms with Gasteiger partial charge in [-0.2, -0.15) is 8.42 Å². The number of rotatable bonds is 3. The molecule has 0 aliphatic rings. The summed E-state index contributed by atoms with van der Waals surface area (Å²) in [6, 6.07) is 10.5. The lowest BCUT2D eigenvalue weighted by Gasteiger charge is -2.13. The molecule has 0 saturated carbocycles. The maximum atomic E-state index is 11.2. The average Bonchev–Trinajstić information content (AvgIpc) is 2.36. The highest BCUT2D eigenvalue weighted by Crippen LogP contribution is 2.35. The van der Waals surface area contributed by atoms with Gasteiger partial charge < -0.3 is 4.90 Å². The van der Waals surface area contributed by atoms with Crippen LogP contribution in [-0.4, -0.2) is 27.1 Å². The standard InChI is InChI=1S/C14H13Cl2NO3S/c1-17(2)11-5-3-9(4-6-11)10-7-12(15)14(13(16)8-10)21(18,19)20/h3-8H,1-2H3,(H,18,19,20). The van der Waals surface area contributed by atoms with Crippen molar-refractivity contribution >= 4 is 39.0 Å². The molecule has 21 heavy (non-hydrogen) atoms. The second kappa shape index (κ2) is 5.85. The van der Waals surface area contributed by atoms with Crippen molar-refractivity contribution in [3.8, 4) is 11.1 Å². The Morgan fingerprint density at radius 2 is 1.43 bits per heavy atom. The van der Waals surface area contributed by atoms with Crippen LogP contribution < -0.4 is 4.90 Å². The molecule has 2 rings (SSSR count). The lowest BCUT2D eigenvalue weighted by Crippen LogP contribution is -2.07.